The lowest BCUT2D eigenvalue weighted by Crippen LogP contribution is -2.13. The minimum Gasteiger partial charge on any atom is -0.458 e. The van der Waals surface area contributed by atoms with Gasteiger partial charge in [0.1, 0.15) is 0 Å². The number of furan rings is 1. The minimum atomic E-state index is 0.427. The Labute approximate surface area is 139 Å². The van der Waals surface area contributed by atoms with Crippen LogP contribution in [0.5, 0.6) is 0 Å². The van der Waals surface area contributed by atoms with Crippen LogP contribution >= 0.6 is 23.4 Å². The molecule has 0 bridgehead atoms. The van der Waals surface area contributed by atoms with Crippen molar-refractivity contribution in [3.63, 3.8) is 0 Å². The summed E-state index contributed by atoms with van der Waals surface area (Å²) in [5.74, 6) is 0. The van der Waals surface area contributed by atoms with Gasteiger partial charge in [-0.2, -0.15) is 0 Å². The van der Waals surface area contributed by atoms with Gasteiger partial charge < -0.3 is 8.98 Å². The molecule has 3 nitrogen and oxygen atoms in total. The number of rotatable bonds is 7. The first kappa shape index (κ1) is 15.3. The van der Waals surface area contributed by atoms with Crippen molar-refractivity contribution in [2.75, 3.05) is 0 Å². The van der Waals surface area contributed by atoms with Gasteiger partial charge in [0.15, 0.2) is 5.09 Å². The first-order valence-corrected chi connectivity index (χ1v) is 8.46. The third-order valence-electron chi connectivity index (χ3n) is 3.42. The van der Waals surface area contributed by atoms with Gasteiger partial charge in [-0.3, -0.25) is 0 Å². The number of halogens is 1. The normalized spacial score (nSPS) is 12.4. The van der Waals surface area contributed by atoms with Gasteiger partial charge in [0.25, 0.3) is 0 Å². The molecule has 0 saturated carbocycles. The number of hydrogen-bond acceptors (Lipinski definition) is 3. The molecule has 1 atom stereocenters. The molecule has 0 radical (unpaired) electrons. The maximum Gasteiger partial charge on any atom is 0.160 e. The Morgan fingerprint density at radius 3 is 2.77 bits per heavy atom. The maximum atomic E-state index is 5.94. The van der Waals surface area contributed by atoms with E-state index in [1.165, 1.54) is 5.56 Å². The molecular formula is C17H17ClN2OS. The van der Waals surface area contributed by atoms with Gasteiger partial charge in [-0.05, 0) is 42.7 Å². The molecule has 3 rings (SSSR count). The minimum absolute atomic E-state index is 0.427. The van der Waals surface area contributed by atoms with E-state index in [1.54, 1.807) is 18.0 Å². The summed E-state index contributed by atoms with van der Waals surface area (Å²) in [5.41, 5.74) is 1.31. The first-order chi connectivity index (χ1) is 10.8. The van der Waals surface area contributed by atoms with Crippen LogP contribution in [0.15, 0.2) is 70.9 Å². The van der Waals surface area contributed by atoms with E-state index in [1.807, 2.05) is 43.0 Å². The van der Waals surface area contributed by atoms with Gasteiger partial charge in [0, 0.05) is 29.2 Å². The molecule has 0 saturated heterocycles. The van der Waals surface area contributed by atoms with Crippen LogP contribution in [-0.4, -0.2) is 14.8 Å². The molecule has 0 fully saturated rings. The highest BCUT2D eigenvalue weighted by Crippen LogP contribution is 2.28. The standard InChI is InChI=1S/C17H17ClN2OS/c18-15-6-3-14(4-7-15)5-8-16(12-20-10-9-19-13-20)22-17-2-1-11-21-17/h1-4,6-7,9-11,13,16H,5,8,12H2. The fourth-order valence-corrected chi connectivity index (χ4v) is 3.50. The van der Waals surface area contributed by atoms with E-state index in [0.29, 0.717) is 5.25 Å². The molecule has 2 heterocycles. The Morgan fingerprint density at radius 2 is 2.09 bits per heavy atom. The van der Waals surface area contributed by atoms with Crippen LogP contribution in [0.3, 0.4) is 0 Å². The van der Waals surface area contributed by atoms with Crippen molar-refractivity contribution >= 4 is 23.4 Å². The third-order valence-corrected chi connectivity index (χ3v) is 4.85. The third kappa shape index (κ3) is 4.42. The van der Waals surface area contributed by atoms with E-state index in [4.69, 9.17) is 16.0 Å². The van der Waals surface area contributed by atoms with E-state index in [9.17, 15) is 0 Å². The van der Waals surface area contributed by atoms with Crippen molar-refractivity contribution in [2.45, 2.75) is 29.7 Å². The Kier molecular flexibility index (Phi) is 5.24. The number of benzene rings is 1. The van der Waals surface area contributed by atoms with Crippen molar-refractivity contribution < 1.29 is 4.42 Å². The second-order valence-electron chi connectivity index (χ2n) is 5.10. The highest BCUT2D eigenvalue weighted by atomic mass is 35.5. The van der Waals surface area contributed by atoms with Crippen LogP contribution in [-0.2, 0) is 13.0 Å². The van der Waals surface area contributed by atoms with Crippen LogP contribution in [0.25, 0.3) is 0 Å². The molecule has 0 aliphatic rings. The molecule has 5 heteroatoms. The Balaban J connectivity index is 1.63. The largest absolute Gasteiger partial charge is 0.458 e. The van der Waals surface area contributed by atoms with E-state index in [0.717, 1.165) is 29.5 Å². The SMILES string of the molecule is Clc1ccc(CCC(Cn2ccnc2)Sc2ccco2)cc1. The first-order valence-electron chi connectivity index (χ1n) is 7.20. The number of nitrogens with zero attached hydrogens (tertiary/aromatic N) is 2. The topological polar surface area (TPSA) is 31.0 Å². The number of hydrogen-bond donors (Lipinski definition) is 0. The molecule has 0 aliphatic carbocycles. The number of aryl methyl sites for hydroxylation is 1. The van der Waals surface area contributed by atoms with Crippen molar-refractivity contribution in [3.8, 4) is 0 Å². The fraction of sp³-hybridized carbons (Fsp3) is 0.235. The summed E-state index contributed by atoms with van der Waals surface area (Å²) in [5, 5.41) is 2.17. The molecule has 0 aliphatic heterocycles. The molecule has 0 amide bonds. The van der Waals surface area contributed by atoms with Crippen molar-refractivity contribution in [1.29, 1.82) is 0 Å². The van der Waals surface area contributed by atoms with E-state index < -0.39 is 0 Å². The van der Waals surface area contributed by atoms with E-state index >= 15 is 0 Å². The molecule has 3 aromatic rings. The molecule has 0 spiro atoms. The van der Waals surface area contributed by atoms with Gasteiger partial charge >= 0.3 is 0 Å². The Morgan fingerprint density at radius 1 is 1.23 bits per heavy atom. The van der Waals surface area contributed by atoms with Crippen LogP contribution in [0, 0.1) is 0 Å². The van der Waals surface area contributed by atoms with Gasteiger partial charge in [-0.25, -0.2) is 4.98 Å². The summed E-state index contributed by atoms with van der Waals surface area (Å²) in [6.07, 6.45) is 9.47. The Bertz CT molecular complexity index is 629. The fourth-order valence-electron chi connectivity index (χ4n) is 2.29. The number of thioether (sulfide) groups is 1. The summed E-state index contributed by atoms with van der Waals surface area (Å²) in [7, 11) is 0. The van der Waals surface area contributed by atoms with Gasteiger partial charge in [-0.1, -0.05) is 35.5 Å². The summed E-state index contributed by atoms with van der Waals surface area (Å²) in [6, 6.07) is 12.0. The summed E-state index contributed by atoms with van der Waals surface area (Å²) in [6.45, 7) is 0.916. The van der Waals surface area contributed by atoms with Gasteiger partial charge in [-0.15, -0.1) is 0 Å². The predicted octanol–water partition coefficient (Wildman–Crippen LogP) is 4.92. The van der Waals surface area contributed by atoms with E-state index in [2.05, 4.69) is 21.7 Å². The van der Waals surface area contributed by atoms with Crippen LogP contribution in [0.1, 0.15) is 12.0 Å². The lowest BCUT2D eigenvalue weighted by Gasteiger charge is -2.16. The predicted molar refractivity (Wildman–Crippen MR) is 90.4 cm³/mol. The second kappa shape index (κ2) is 7.56. The highest BCUT2D eigenvalue weighted by Gasteiger charge is 2.13. The van der Waals surface area contributed by atoms with E-state index in [-0.39, 0.29) is 0 Å². The highest BCUT2D eigenvalue weighted by molar-refractivity contribution is 7.99. The van der Waals surface area contributed by atoms with Crippen LogP contribution < -0.4 is 0 Å². The van der Waals surface area contributed by atoms with Crippen molar-refractivity contribution in [2.24, 2.45) is 0 Å². The van der Waals surface area contributed by atoms with Crippen molar-refractivity contribution in [3.05, 3.63) is 72.0 Å². The lowest BCUT2D eigenvalue weighted by atomic mass is 10.1. The number of aromatic nitrogens is 2. The molecule has 2 aromatic heterocycles. The van der Waals surface area contributed by atoms with Crippen LogP contribution in [0.4, 0.5) is 0 Å². The molecule has 1 unspecified atom stereocenters. The lowest BCUT2D eigenvalue weighted by molar-refractivity contribution is 0.471. The maximum absolute atomic E-state index is 5.94. The average molecular weight is 333 g/mol. The quantitative estimate of drug-likeness (QED) is 0.575. The summed E-state index contributed by atoms with van der Waals surface area (Å²) < 4.78 is 7.59. The van der Waals surface area contributed by atoms with Crippen LogP contribution in [0.2, 0.25) is 5.02 Å². The molecular weight excluding hydrogens is 316 g/mol. The second-order valence-corrected chi connectivity index (χ2v) is 6.84. The molecule has 1 aromatic carbocycles. The number of imidazole rings is 1. The monoisotopic (exact) mass is 332 g/mol. The smallest absolute Gasteiger partial charge is 0.160 e. The Hall–Kier alpha value is -1.65. The average Bonchev–Trinajstić information content (AvgIpc) is 3.20. The summed E-state index contributed by atoms with van der Waals surface area (Å²) in [4.78, 5) is 4.12. The molecule has 114 valence electrons. The molecule has 22 heavy (non-hydrogen) atoms. The zero-order chi connectivity index (χ0) is 15.2. The summed E-state index contributed by atoms with van der Waals surface area (Å²) >= 11 is 7.71. The van der Waals surface area contributed by atoms with Gasteiger partial charge in [0.2, 0.25) is 0 Å². The zero-order valence-electron chi connectivity index (χ0n) is 12.1. The molecule has 0 N–H and O–H groups in total. The van der Waals surface area contributed by atoms with Gasteiger partial charge in [0.05, 0.1) is 12.6 Å². The zero-order valence-corrected chi connectivity index (χ0v) is 13.6. The van der Waals surface area contributed by atoms with Crippen molar-refractivity contribution in [1.82, 2.24) is 9.55 Å².